The highest BCUT2D eigenvalue weighted by molar-refractivity contribution is 7.09. The van der Waals surface area contributed by atoms with Gasteiger partial charge in [0, 0.05) is 11.8 Å². The molecule has 0 spiro atoms. The van der Waals surface area contributed by atoms with Gasteiger partial charge in [-0.05, 0) is 43.5 Å². The molecule has 25 heavy (non-hydrogen) atoms. The lowest BCUT2D eigenvalue weighted by molar-refractivity contribution is 0.0935. The van der Waals surface area contributed by atoms with E-state index in [0.717, 1.165) is 29.3 Å². The molecule has 0 aliphatic carbocycles. The summed E-state index contributed by atoms with van der Waals surface area (Å²) in [6.45, 7) is 7.57. The third-order valence-electron chi connectivity index (χ3n) is 3.83. The van der Waals surface area contributed by atoms with Crippen molar-refractivity contribution in [1.82, 2.24) is 10.3 Å². The maximum absolute atomic E-state index is 12.3. The molecule has 0 aliphatic rings. The van der Waals surface area contributed by atoms with Gasteiger partial charge in [0.25, 0.3) is 5.91 Å². The molecule has 1 aromatic carbocycles. The van der Waals surface area contributed by atoms with Crippen LogP contribution in [-0.2, 0) is 6.42 Å². The first-order chi connectivity index (χ1) is 12.0. The molecule has 0 fully saturated rings. The van der Waals surface area contributed by atoms with Crippen molar-refractivity contribution in [1.29, 1.82) is 0 Å². The summed E-state index contributed by atoms with van der Waals surface area (Å²) in [5.74, 6) is 1.32. The van der Waals surface area contributed by atoms with Crippen LogP contribution >= 0.6 is 11.3 Å². The van der Waals surface area contributed by atoms with Gasteiger partial charge in [0.2, 0.25) is 0 Å². The largest absolute Gasteiger partial charge is 0.494 e. The highest BCUT2D eigenvalue weighted by Gasteiger charge is 2.14. The molecule has 0 radical (unpaired) electrons. The summed E-state index contributed by atoms with van der Waals surface area (Å²) in [4.78, 5) is 16.6. The Morgan fingerprint density at radius 1 is 1.28 bits per heavy atom. The number of carbonyl (C=O) groups is 1. The molecule has 0 bridgehead atoms. The van der Waals surface area contributed by atoms with Crippen LogP contribution in [0.2, 0.25) is 0 Å². The number of carbonyl (C=O) groups excluding carboxylic acids is 1. The van der Waals surface area contributed by atoms with Crippen molar-refractivity contribution in [3.8, 4) is 5.75 Å². The first-order valence-electron chi connectivity index (χ1n) is 8.67. The maximum atomic E-state index is 12.3. The Hall–Kier alpha value is -1.92. The van der Waals surface area contributed by atoms with Gasteiger partial charge in [-0.3, -0.25) is 4.79 Å². The molecule has 0 aliphatic heterocycles. The number of benzene rings is 1. The summed E-state index contributed by atoms with van der Waals surface area (Å²) in [6, 6.07) is 7.76. The number of hydrogen-bond acceptors (Lipinski definition) is 5. The van der Waals surface area contributed by atoms with E-state index in [1.165, 1.54) is 11.3 Å². The van der Waals surface area contributed by atoms with Gasteiger partial charge in [0.05, 0.1) is 17.7 Å². The number of rotatable bonds is 9. The maximum Gasteiger partial charge on any atom is 0.271 e. The van der Waals surface area contributed by atoms with E-state index in [-0.39, 0.29) is 11.9 Å². The Kier molecular flexibility index (Phi) is 7.40. The van der Waals surface area contributed by atoms with Crippen LogP contribution in [0.3, 0.4) is 0 Å². The molecule has 1 unspecified atom stereocenters. The zero-order valence-corrected chi connectivity index (χ0v) is 15.9. The predicted molar refractivity (Wildman–Crippen MR) is 102 cm³/mol. The van der Waals surface area contributed by atoms with Gasteiger partial charge < -0.3 is 15.8 Å². The molecular weight excluding hydrogens is 334 g/mol. The summed E-state index contributed by atoms with van der Waals surface area (Å²) >= 11 is 1.47. The van der Waals surface area contributed by atoms with Crippen molar-refractivity contribution < 1.29 is 9.53 Å². The second kappa shape index (κ2) is 9.53. The number of amides is 1. The first kappa shape index (κ1) is 19.4. The fourth-order valence-corrected chi connectivity index (χ4v) is 3.07. The van der Waals surface area contributed by atoms with Crippen molar-refractivity contribution in [2.45, 2.75) is 39.7 Å². The number of aromatic nitrogens is 1. The minimum absolute atomic E-state index is 0.100. The van der Waals surface area contributed by atoms with Gasteiger partial charge >= 0.3 is 0 Å². The molecule has 3 N–H and O–H groups in total. The molecule has 2 aromatic rings. The topological polar surface area (TPSA) is 77.2 Å². The van der Waals surface area contributed by atoms with Crippen LogP contribution in [0.5, 0.6) is 5.75 Å². The summed E-state index contributed by atoms with van der Waals surface area (Å²) in [6.07, 6.45) is 1.74. The molecule has 5 nitrogen and oxygen atoms in total. The summed E-state index contributed by atoms with van der Waals surface area (Å²) in [7, 11) is 0. The first-order valence-corrected chi connectivity index (χ1v) is 9.55. The molecule has 1 atom stereocenters. The van der Waals surface area contributed by atoms with Crippen molar-refractivity contribution in [3.05, 3.63) is 45.9 Å². The predicted octanol–water partition coefficient (Wildman–Crippen LogP) is 3.56. The zero-order valence-electron chi connectivity index (χ0n) is 15.1. The summed E-state index contributed by atoms with van der Waals surface area (Å²) in [5.41, 5.74) is 7.00. The lowest BCUT2D eigenvalue weighted by Gasteiger charge is -2.14. The SMILES string of the molecule is CC(C)CCOc1ccc(C(C)NC(=O)c2csc(CCN)n2)cc1. The van der Waals surface area contributed by atoms with Crippen LogP contribution in [-0.4, -0.2) is 24.0 Å². The second-order valence-electron chi connectivity index (χ2n) is 6.46. The fraction of sp³-hybridized carbons (Fsp3) is 0.474. The molecule has 136 valence electrons. The Labute approximate surface area is 153 Å². The second-order valence-corrected chi connectivity index (χ2v) is 7.40. The molecule has 1 heterocycles. The Balaban J connectivity index is 1.88. The zero-order chi connectivity index (χ0) is 18.2. The van der Waals surface area contributed by atoms with E-state index in [1.54, 1.807) is 5.38 Å². The van der Waals surface area contributed by atoms with E-state index >= 15 is 0 Å². The van der Waals surface area contributed by atoms with Gasteiger partial charge in [0.1, 0.15) is 11.4 Å². The van der Waals surface area contributed by atoms with Crippen LogP contribution in [0.15, 0.2) is 29.6 Å². The quantitative estimate of drug-likeness (QED) is 0.716. The van der Waals surface area contributed by atoms with Gasteiger partial charge in [0.15, 0.2) is 0 Å². The molecule has 6 heteroatoms. The Morgan fingerprint density at radius 2 is 2.00 bits per heavy atom. The van der Waals surface area contributed by atoms with Crippen LogP contribution in [0, 0.1) is 5.92 Å². The third kappa shape index (κ3) is 6.14. The molecule has 1 amide bonds. The number of thiazole rings is 1. The molecule has 0 saturated heterocycles. The van der Waals surface area contributed by atoms with E-state index in [9.17, 15) is 4.79 Å². The fourth-order valence-electron chi connectivity index (χ4n) is 2.27. The van der Waals surface area contributed by atoms with Crippen molar-refractivity contribution in [2.75, 3.05) is 13.2 Å². The van der Waals surface area contributed by atoms with Crippen LogP contribution in [0.1, 0.15) is 54.3 Å². The summed E-state index contributed by atoms with van der Waals surface area (Å²) < 4.78 is 5.72. The van der Waals surface area contributed by atoms with E-state index in [4.69, 9.17) is 10.5 Å². The lowest BCUT2D eigenvalue weighted by atomic mass is 10.1. The van der Waals surface area contributed by atoms with Crippen LogP contribution < -0.4 is 15.8 Å². The highest BCUT2D eigenvalue weighted by atomic mass is 32.1. The monoisotopic (exact) mass is 361 g/mol. The van der Waals surface area contributed by atoms with Crippen molar-refractivity contribution in [2.24, 2.45) is 11.7 Å². The van der Waals surface area contributed by atoms with Gasteiger partial charge in [-0.15, -0.1) is 11.3 Å². The molecule has 0 saturated carbocycles. The number of nitrogens with two attached hydrogens (primary N) is 1. The minimum Gasteiger partial charge on any atom is -0.494 e. The molecule has 1 aromatic heterocycles. The lowest BCUT2D eigenvalue weighted by Crippen LogP contribution is -2.27. The number of hydrogen-bond donors (Lipinski definition) is 2. The van der Waals surface area contributed by atoms with Gasteiger partial charge in [-0.1, -0.05) is 26.0 Å². The Bertz CT molecular complexity index is 668. The number of nitrogens with one attached hydrogen (secondary N) is 1. The van der Waals surface area contributed by atoms with Gasteiger partial charge in [-0.25, -0.2) is 4.98 Å². The van der Waals surface area contributed by atoms with E-state index < -0.39 is 0 Å². The van der Waals surface area contributed by atoms with E-state index in [2.05, 4.69) is 24.1 Å². The van der Waals surface area contributed by atoms with Crippen molar-refractivity contribution >= 4 is 17.2 Å². The van der Waals surface area contributed by atoms with Gasteiger partial charge in [-0.2, -0.15) is 0 Å². The van der Waals surface area contributed by atoms with E-state index in [1.807, 2.05) is 31.2 Å². The third-order valence-corrected chi connectivity index (χ3v) is 4.74. The smallest absolute Gasteiger partial charge is 0.271 e. The highest BCUT2D eigenvalue weighted by Crippen LogP contribution is 2.19. The Morgan fingerprint density at radius 3 is 2.64 bits per heavy atom. The number of ether oxygens (including phenoxy) is 1. The molecule has 2 rings (SSSR count). The average Bonchev–Trinajstić information content (AvgIpc) is 3.04. The minimum atomic E-state index is -0.163. The normalized spacial score (nSPS) is 12.2. The van der Waals surface area contributed by atoms with E-state index in [0.29, 0.717) is 24.6 Å². The van der Waals surface area contributed by atoms with Crippen LogP contribution in [0.4, 0.5) is 0 Å². The van der Waals surface area contributed by atoms with Crippen LogP contribution in [0.25, 0.3) is 0 Å². The standard InChI is InChI=1S/C19H27N3O2S/c1-13(2)9-11-24-16-6-4-15(5-7-16)14(3)21-19(23)17-12-25-18(22-17)8-10-20/h4-7,12-14H,8-11,20H2,1-3H3,(H,21,23). The molecular formula is C19H27N3O2S. The average molecular weight is 362 g/mol. The number of nitrogens with zero attached hydrogens (tertiary/aromatic N) is 1. The summed E-state index contributed by atoms with van der Waals surface area (Å²) in [5, 5.41) is 5.65. The van der Waals surface area contributed by atoms with Crippen molar-refractivity contribution in [3.63, 3.8) is 0 Å².